The minimum atomic E-state index is 0.0268. The number of nitrogens with zero attached hydrogens (tertiary/aromatic N) is 5. The van der Waals surface area contributed by atoms with Crippen LogP contribution in [0.2, 0.25) is 0 Å². The van der Waals surface area contributed by atoms with Gasteiger partial charge in [-0.3, -0.25) is 9.78 Å². The van der Waals surface area contributed by atoms with Crippen LogP contribution in [0, 0.1) is 5.92 Å². The van der Waals surface area contributed by atoms with Crippen molar-refractivity contribution in [2.75, 3.05) is 11.1 Å². The quantitative estimate of drug-likeness (QED) is 0.757. The number of hydrogen-bond donors (Lipinski definition) is 2. The molecule has 3 aromatic rings. The van der Waals surface area contributed by atoms with Gasteiger partial charge in [0.05, 0.1) is 6.33 Å². The Morgan fingerprint density at radius 3 is 2.64 bits per heavy atom. The summed E-state index contributed by atoms with van der Waals surface area (Å²) in [6.07, 6.45) is 10.1. The number of nitrogen functional groups attached to an aromatic ring is 1. The largest absolute Gasteiger partial charge is 0.382 e. The Morgan fingerprint density at radius 2 is 1.88 bits per heavy atom. The highest BCUT2D eigenvalue weighted by molar-refractivity contribution is 5.92. The Kier molecular flexibility index (Phi) is 4.01. The monoisotopic (exact) mass is 337 g/mol. The number of carbonyl (C=O) groups is 1. The lowest BCUT2D eigenvalue weighted by Gasteiger charge is -2.28. The second-order valence-electron chi connectivity index (χ2n) is 6.31. The number of aromatic nitrogens is 5. The third kappa shape index (κ3) is 3.02. The summed E-state index contributed by atoms with van der Waals surface area (Å²) in [5.41, 5.74) is 8.04. The molecule has 3 heterocycles. The van der Waals surface area contributed by atoms with Crippen molar-refractivity contribution in [2.45, 2.75) is 31.7 Å². The van der Waals surface area contributed by atoms with Gasteiger partial charge in [-0.15, -0.1) is 0 Å². The molecule has 0 bridgehead atoms. The molecule has 0 saturated heterocycles. The summed E-state index contributed by atoms with van der Waals surface area (Å²) in [5.74, 6) is 0.500. The summed E-state index contributed by atoms with van der Waals surface area (Å²) < 4.78 is 2.06. The molecule has 0 unspecified atom stereocenters. The Morgan fingerprint density at radius 1 is 1.12 bits per heavy atom. The predicted molar refractivity (Wildman–Crippen MR) is 93.6 cm³/mol. The molecular formula is C17H19N7O. The smallest absolute Gasteiger partial charge is 0.227 e. The maximum atomic E-state index is 12.4. The minimum absolute atomic E-state index is 0.0268. The average molecular weight is 337 g/mol. The van der Waals surface area contributed by atoms with Crippen LogP contribution in [0.3, 0.4) is 0 Å². The van der Waals surface area contributed by atoms with Crippen molar-refractivity contribution in [1.29, 1.82) is 0 Å². The molecule has 1 amide bonds. The molecule has 128 valence electrons. The number of pyridine rings is 1. The number of nitrogens with two attached hydrogens (primary N) is 1. The van der Waals surface area contributed by atoms with E-state index >= 15 is 0 Å². The van der Waals surface area contributed by atoms with Crippen LogP contribution in [0.25, 0.3) is 11.2 Å². The fraction of sp³-hybridized carbons (Fsp3) is 0.353. The predicted octanol–water partition coefficient (Wildman–Crippen LogP) is 2.17. The van der Waals surface area contributed by atoms with Crippen molar-refractivity contribution in [2.24, 2.45) is 5.92 Å². The normalized spacial score (nSPS) is 20.5. The van der Waals surface area contributed by atoms with Crippen LogP contribution < -0.4 is 11.1 Å². The van der Waals surface area contributed by atoms with Gasteiger partial charge in [0.15, 0.2) is 11.5 Å². The zero-order chi connectivity index (χ0) is 17.2. The molecule has 0 aliphatic heterocycles. The first-order chi connectivity index (χ1) is 12.2. The van der Waals surface area contributed by atoms with Gasteiger partial charge in [-0.05, 0) is 37.8 Å². The van der Waals surface area contributed by atoms with Crippen molar-refractivity contribution in [3.63, 3.8) is 0 Å². The SMILES string of the molecule is Nc1ncnc2c1ncn2C1CCC(C(=O)Nc2ccncc2)CC1. The van der Waals surface area contributed by atoms with Gasteiger partial charge in [-0.2, -0.15) is 0 Å². The van der Waals surface area contributed by atoms with E-state index in [9.17, 15) is 4.79 Å². The summed E-state index contributed by atoms with van der Waals surface area (Å²) in [4.78, 5) is 29.0. The standard InChI is InChI=1S/C17H19N7O/c18-15-14-16(21-9-20-15)24(10-22-14)13-3-1-11(2-4-13)17(25)23-12-5-7-19-8-6-12/h5-11,13H,1-4H2,(H2,18,20,21)(H,19,23,25). The number of carbonyl (C=O) groups excluding carboxylic acids is 1. The van der Waals surface area contributed by atoms with E-state index < -0.39 is 0 Å². The van der Waals surface area contributed by atoms with E-state index in [1.807, 2.05) is 0 Å². The first kappa shape index (κ1) is 15.5. The number of imidazole rings is 1. The lowest BCUT2D eigenvalue weighted by molar-refractivity contribution is -0.120. The molecule has 4 rings (SSSR count). The second kappa shape index (κ2) is 6.46. The van der Waals surface area contributed by atoms with Crippen LogP contribution >= 0.6 is 0 Å². The van der Waals surface area contributed by atoms with Gasteiger partial charge in [0.2, 0.25) is 5.91 Å². The van der Waals surface area contributed by atoms with Gasteiger partial charge < -0.3 is 15.6 Å². The molecule has 1 saturated carbocycles. The fourth-order valence-electron chi connectivity index (χ4n) is 3.43. The van der Waals surface area contributed by atoms with Crippen LogP contribution in [0.5, 0.6) is 0 Å². The Bertz CT molecular complexity index is 884. The van der Waals surface area contributed by atoms with E-state index in [1.54, 1.807) is 30.9 Å². The molecule has 0 spiro atoms. The number of anilines is 2. The molecule has 8 nitrogen and oxygen atoms in total. The molecule has 3 N–H and O–H groups in total. The summed E-state index contributed by atoms with van der Waals surface area (Å²) in [6, 6.07) is 3.88. The van der Waals surface area contributed by atoms with Crippen LogP contribution in [-0.2, 0) is 4.79 Å². The molecule has 0 radical (unpaired) electrons. The molecule has 0 atom stereocenters. The number of hydrogen-bond acceptors (Lipinski definition) is 6. The highest BCUT2D eigenvalue weighted by atomic mass is 16.1. The van der Waals surface area contributed by atoms with Crippen LogP contribution in [0.15, 0.2) is 37.2 Å². The molecule has 3 aromatic heterocycles. The van der Waals surface area contributed by atoms with Crippen LogP contribution in [0.1, 0.15) is 31.7 Å². The number of fused-ring (bicyclic) bond motifs is 1. The van der Waals surface area contributed by atoms with Crippen molar-refractivity contribution in [3.05, 3.63) is 37.2 Å². The molecule has 1 aliphatic carbocycles. The Labute approximate surface area is 144 Å². The van der Waals surface area contributed by atoms with E-state index in [0.717, 1.165) is 37.0 Å². The molecule has 8 heteroatoms. The first-order valence-electron chi connectivity index (χ1n) is 8.36. The Hall–Kier alpha value is -3.03. The maximum absolute atomic E-state index is 12.4. The van der Waals surface area contributed by atoms with Crippen LogP contribution in [0.4, 0.5) is 11.5 Å². The highest BCUT2D eigenvalue weighted by Crippen LogP contribution is 2.34. The van der Waals surface area contributed by atoms with E-state index in [2.05, 4.69) is 29.8 Å². The average Bonchev–Trinajstić information content (AvgIpc) is 3.08. The highest BCUT2D eigenvalue weighted by Gasteiger charge is 2.28. The number of amides is 1. The fourth-order valence-corrected chi connectivity index (χ4v) is 3.43. The number of rotatable bonds is 3. The Balaban J connectivity index is 1.42. The van der Waals surface area contributed by atoms with Crippen molar-refractivity contribution >= 4 is 28.6 Å². The third-order valence-electron chi connectivity index (χ3n) is 4.80. The van der Waals surface area contributed by atoms with E-state index in [-0.39, 0.29) is 17.9 Å². The van der Waals surface area contributed by atoms with Gasteiger partial charge in [-0.1, -0.05) is 0 Å². The second-order valence-corrected chi connectivity index (χ2v) is 6.31. The summed E-state index contributed by atoms with van der Waals surface area (Å²) in [7, 11) is 0. The summed E-state index contributed by atoms with van der Waals surface area (Å²) in [5, 5.41) is 2.96. The first-order valence-corrected chi connectivity index (χ1v) is 8.36. The van der Waals surface area contributed by atoms with Gasteiger partial charge in [-0.25, -0.2) is 15.0 Å². The van der Waals surface area contributed by atoms with Gasteiger partial charge >= 0.3 is 0 Å². The zero-order valence-corrected chi connectivity index (χ0v) is 13.7. The molecule has 25 heavy (non-hydrogen) atoms. The van der Waals surface area contributed by atoms with Gasteiger partial charge in [0, 0.05) is 30.0 Å². The third-order valence-corrected chi connectivity index (χ3v) is 4.80. The molecule has 0 aromatic carbocycles. The molecular weight excluding hydrogens is 318 g/mol. The van der Waals surface area contributed by atoms with Crippen molar-refractivity contribution in [1.82, 2.24) is 24.5 Å². The lowest BCUT2D eigenvalue weighted by Crippen LogP contribution is -2.28. The van der Waals surface area contributed by atoms with Gasteiger partial charge in [0.25, 0.3) is 0 Å². The zero-order valence-electron chi connectivity index (χ0n) is 13.7. The minimum Gasteiger partial charge on any atom is -0.382 e. The number of nitrogens with one attached hydrogen (secondary N) is 1. The van der Waals surface area contributed by atoms with E-state index in [1.165, 1.54) is 6.33 Å². The van der Waals surface area contributed by atoms with Crippen molar-refractivity contribution < 1.29 is 4.79 Å². The molecule has 1 aliphatic rings. The summed E-state index contributed by atoms with van der Waals surface area (Å²) >= 11 is 0. The van der Waals surface area contributed by atoms with E-state index in [4.69, 9.17) is 5.73 Å². The van der Waals surface area contributed by atoms with Gasteiger partial charge in [0.1, 0.15) is 11.8 Å². The maximum Gasteiger partial charge on any atom is 0.227 e. The topological polar surface area (TPSA) is 112 Å². The summed E-state index contributed by atoms with van der Waals surface area (Å²) in [6.45, 7) is 0. The molecule has 1 fully saturated rings. The van der Waals surface area contributed by atoms with Crippen LogP contribution in [-0.4, -0.2) is 30.4 Å². The van der Waals surface area contributed by atoms with Crippen molar-refractivity contribution in [3.8, 4) is 0 Å². The lowest BCUT2D eigenvalue weighted by atomic mass is 9.85. The van der Waals surface area contributed by atoms with E-state index in [0.29, 0.717) is 11.3 Å².